The van der Waals surface area contributed by atoms with E-state index in [1.54, 1.807) is 25.1 Å². The second kappa shape index (κ2) is 6.12. The minimum Gasteiger partial charge on any atom is -0.493 e. The molecule has 1 N–H and O–H groups in total. The van der Waals surface area contributed by atoms with Crippen LogP contribution in [0.3, 0.4) is 0 Å². The van der Waals surface area contributed by atoms with Crippen LogP contribution in [0, 0.1) is 0 Å². The first-order chi connectivity index (χ1) is 11.2. The second-order valence-electron chi connectivity index (χ2n) is 5.10. The number of nitrogens with one attached hydrogen (secondary N) is 1. The molecule has 3 rings (SSSR count). The van der Waals surface area contributed by atoms with E-state index in [0.29, 0.717) is 41.5 Å². The van der Waals surface area contributed by atoms with Gasteiger partial charge in [0, 0.05) is 13.0 Å². The maximum Gasteiger partial charge on any atom is 0.277 e. The van der Waals surface area contributed by atoms with Crippen LogP contribution in [0.5, 0.6) is 11.5 Å². The van der Waals surface area contributed by atoms with Gasteiger partial charge in [0.05, 0.1) is 20.5 Å². The number of imidazole rings is 1. The molecule has 0 aliphatic rings. The van der Waals surface area contributed by atoms with Crippen molar-refractivity contribution in [3.63, 3.8) is 0 Å². The van der Waals surface area contributed by atoms with E-state index in [4.69, 9.17) is 9.47 Å². The summed E-state index contributed by atoms with van der Waals surface area (Å²) in [4.78, 5) is 23.6. The molecule has 0 spiro atoms. The number of aromatic amines is 1. The van der Waals surface area contributed by atoms with Gasteiger partial charge < -0.3 is 19.0 Å². The van der Waals surface area contributed by atoms with Crippen LogP contribution < -0.4 is 15.0 Å². The lowest BCUT2D eigenvalue weighted by Crippen LogP contribution is -2.15. The van der Waals surface area contributed by atoms with Gasteiger partial charge in [-0.1, -0.05) is 13.0 Å². The van der Waals surface area contributed by atoms with Crippen molar-refractivity contribution in [3.05, 3.63) is 46.3 Å². The minimum absolute atomic E-state index is 0.176. The molecule has 0 atom stereocenters. The van der Waals surface area contributed by atoms with Crippen molar-refractivity contribution >= 4 is 11.2 Å². The summed E-state index contributed by atoms with van der Waals surface area (Å²) in [6.07, 6.45) is 2.29. The molecule has 0 bridgehead atoms. The number of benzene rings is 1. The second-order valence-corrected chi connectivity index (χ2v) is 5.10. The Labute approximate surface area is 132 Å². The quantitative estimate of drug-likeness (QED) is 0.776. The number of methoxy groups -OCH3 is 2. The van der Waals surface area contributed by atoms with Crippen LogP contribution in [0.25, 0.3) is 11.2 Å². The molecule has 7 heteroatoms. The average molecular weight is 314 g/mol. The molecule has 0 aliphatic heterocycles. The lowest BCUT2D eigenvalue weighted by molar-refractivity contribution is 0.354. The maximum absolute atomic E-state index is 12.3. The van der Waals surface area contributed by atoms with Gasteiger partial charge in [0.2, 0.25) is 0 Å². The third-order valence-corrected chi connectivity index (χ3v) is 3.67. The fourth-order valence-corrected chi connectivity index (χ4v) is 2.49. The monoisotopic (exact) mass is 314 g/mol. The largest absolute Gasteiger partial charge is 0.493 e. The van der Waals surface area contributed by atoms with Crippen molar-refractivity contribution < 1.29 is 9.47 Å². The molecule has 0 saturated carbocycles. The summed E-state index contributed by atoms with van der Waals surface area (Å²) in [7, 11) is 3.19. The Hall–Kier alpha value is -2.83. The summed E-state index contributed by atoms with van der Waals surface area (Å²) in [5, 5.41) is 0. The highest BCUT2D eigenvalue weighted by molar-refractivity contribution is 5.69. The molecule has 0 saturated heterocycles. The van der Waals surface area contributed by atoms with Crippen molar-refractivity contribution in [2.45, 2.75) is 19.9 Å². The lowest BCUT2D eigenvalue weighted by Gasteiger charge is -2.10. The van der Waals surface area contributed by atoms with Gasteiger partial charge >= 0.3 is 0 Å². The number of hydrogen-bond acceptors (Lipinski definition) is 5. The van der Waals surface area contributed by atoms with Crippen LogP contribution in [0.15, 0.2) is 29.3 Å². The zero-order valence-electron chi connectivity index (χ0n) is 13.3. The lowest BCUT2D eigenvalue weighted by atomic mass is 10.2. The highest BCUT2D eigenvalue weighted by Crippen LogP contribution is 2.28. The van der Waals surface area contributed by atoms with E-state index in [0.717, 1.165) is 5.56 Å². The number of H-pyrrole nitrogens is 1. The van der Waals surface area contributed by atoms with Crippen LogP contribution in [-0.2, 0) is 13.0 Å². The Morgan fingerprint density at radius 1 is 1.22 bits per heavy atom. The maximum atomic E-state index is 12.3. The van der Waals surface area contributed by atoms with Crippen LogP contribution in [0.4, 0.5) is 0 Å². The summed E-state index contributed by atoms with van der Waals surface area (Å²) in [5.41, 5.74) is 1.73. The predicted molar refractivity (Wildman–Crippen MR) is 86.2 cm³/mol. The Morgan fingerprint density at radius 2 is 2.00 bits per heavy atom. The van der Waals surface area contributed by atoms with Crippen molar-refractivity contribution in [3.8, 4) is 11.5 Å². The standard InChI is InChI=1S/C16H18N4O3/c1-4-13-18-15-14(16(21)19-13)20(9-17-15)8-10-5-6-11(22-2)12(7-10)23-3/h5-7,9H,4,8H2,1-3H3,(H,18,19,21). The smallest absolute Gasteiger partial charge is 0.277 e. The molecule has 0 aliphatic carbocycles. The van der Waals surface area contributed by atoms with Crippen LogP contribution in [-0.4, -0.2) is 33.7 Å². The average Bonchev–Trinajstić information content (AvgIpc) is 2.97. The van der Waals surface area contributed by atoms with E-state index >= 15 is 0 Å². The highest BCUT2D eigenvalue weighted by Gasteiger charge is 2.11. The molecule has 0 unspecified atom stereocenters. The molecule has 23 heavy (non-hydrogen) atoms. The van der Waals surface area contributed by atoms with E-state index in [1.807, 2.05) is 25.1 Å². The van der Waals surface area contributed by atoms with Gasteiger partial charge in [-0.15, -0.1) is 0 Å². The zero-order chi connectivity index (χ0) is 16.4. The number of nitrogens with zero attached hydrogens (tertiary/aromatic N) is 3. The first kappa shape index (κ1) is 15.1. The Balaban J connectivity index is 2.01. The molecule has 0 amide bonds. The minimum atomic E-state index is -0.176. The SMILES string of the molecule is CCc1nc2ncn(Cc3ccc(OC)c(OC)c3)c2c(=O)[nH]1. The van der Waals surface area contributed by atoms with Crippen molar-refractivity contribution in [1.29, 1.82) is 0 Å². The molecule has 120 valence electrons. The molecular formula is C16H18N4O3. The van der Waals surface area contributed by atoms with Crippen molar-refractivity contribution in [2.24, 2.45) is 0 Å². The summed E-state index contributed by atoms with van der Waals surface area (Å²) >= 11 is 0. The van der Waals surface area contributed by atoms with Gasteiger partial charge in [0.15, 0.2) is 22.7 Å². The first-order valence-electron chi connectivity index (χ1n) is 7.31. The molecule has 2 aromatic heterocycles. The van der Waals surface area contributed by atoms with Crippen LogP contribution in [0.1, 0.15) is 18.3 Å². The molecule has 7 nitrogen and oxygen atoms in total. The normalized spacial score (nSPS) is 10.9. The van der Waals surface area contributed by atoms with Gasteiger partial charge in [0.1, 0.15) is 5.82 Å². The van der Waals surface area contributed by atoms with Crippen molar-refractivity contribution in [1.82, 2.24) is 19.5 Å². The molecule has 2 heterocycles. The number of aromatic nitrogens is 4. The van der Waals surface area contributed by atoms with E-state index in [-0.39, 0.29) is 5.56 Å². The van der Waals surface area contributed by atoms with Gasteiger partial charge in [-0.3, -0.25) is 4.79 Å². The van der Waals surface area contributed by atoms with Crippen LogP contribution >= 0.6 is 0 Å². The number of hydrogen-bond donors (Lipinski definition) is 1. The molecule has 3 aromatic rings. The third kappa shape index (κ3) is 2.77. The third-order valence-electron chi connectivity index (χ3n) is 3.67. The summed E-state index contributed by atoms with van der Waals surface area (Å²) < 4.78 is 12.3. The Kier molecular flexibility index (Phi) is 4.01. The fraction of sp³-hybridized carbons (Fsp3) is 0.312. The Bertz CT molecular complexity index is 898. The van der Waals surface area contributed by atoms with Gasteiger partial charge in [-0.2, -0.15) is 0 Å². The zero-order valence-corrected chi connectivity index (χ0v) is 13.3. The van der Waals surface area contributed by atoms with Gasteiger partial charge in [0.25, 0.3) is 5.56 Å². The summed E-state index contributed by atoms with van der Waals surface area (Å²) in [6, 6.07) is 5.65. The molecule has 1 aromatic carbocycles. The number of aryl methyl sites for hydroxylation is 1. The first-order valence-corrected chi connectivity index (χ1v) is 7.31. The number of ether oxygens (including phenoxy) is 2. The van der Waals surface area contributed by atoms with E-state index < -0.39 is 0 Å². The Morgan fingerprint density at radius 3 is 2.70 bits per heavy atom. The topological polar surface area (TPSA) is 82.0 Å². The number of rotatable bonds is 5. The van der Waals surface area contributed by atoms with Gasteiger partial charge in [-0.05, 0) is 17.7 Å². The van der Waals surface area contributed by atoms with E-state index in [1.165, 1.54) is 0 Å². The summed E-state index contributed by atoms with van der Waals surface area (Å²) in [5.74, 6) is 1.95. The van der Waals surface area contributed by atoms with E-state index in [2.05, 4.69) is 15.0 Å². The predicted octanol–water partition coefficient (Wildman–Crippen LogP) is 1.75. The van der Waals surface area contributed by atoms with Crippen molar-refractivity contribution in [2.75, 3.05) is 14.2 Å². The molecule has 0 fully saturated rings. The van der Waals surface area contributed by atoms with Crippen LogP contribution in [0.2, 0.25) is 0 Å². The molecule has 0 radical (unpaired) electrons. The number of fused-ring (bicyclic) bond motifs is 1. The van der Waals surface area contributed by atoms with Gasteiger partial charge in [-0.25, -0.2) is 9.97 Å². The summed E-state index contributed by atoms with van der Waals surface area (Å²) in [6.45, 7) is 2.43. The van der Waals surface area contributed by atoms with E-state index in [9.17, 15) is 4.79 Å². The molecular weight excluding hydrogens is 296 g/mol. The fourth-order valence-electron chi connectivity index (χ4n) is 2.49. The highest BCUT2D eigenvalue weighted by atomic mass is 16.5.